The number of aliphatic carboxylic acids is 1. The minimum Gasteiger partial charge on any atom is -0.477 e. The molecule has 3 heterocycles. The molecule has 2 aliphatic rings. The van der Waals surface area contributed by atoms with Crippen LogP contribution in [0.3, 0.4) is 0 Å². The normalized spacial score (nSPS) is 20.7. The molecular formula is C20H23ClN4O6S2. The Labute approximate surface area is 203 Å². The molecule has 1 fully saturated rings. The van der Waals surface area contributed by atoms with Crippen molar-refractivity contribution in [3.05, 3.63) is 27.9 Å². The van der Waals surface area contributed by atoms with Crippen LogP contribution in [0, 0.1) is 0 Å². The van der Waals surface area contributed by atoms with Crippen LogP contribution in [0.15, 0.2) is 22.2 Å². The fourth-order valence-corrected chi connectivity index (χ4v) is 5.41. The maximum Gasteiger partial charge on any atom is 0.413 e. The zero-order chi connectivity index (χ0) is 24.5. The Kier molecular flexibility index (Phi) is 7.39. The molecule has 0 radical (unpaired) electrons. The highest BCUT2D eigenvalue weighted by Gasteiger charge is 2.54. The lowest BCUT2D eigenvalue weighted by Gasteiger charge is -2.48. The van der Waals surface area contributed by atoms with Crippen molar-refractivity contribution in [2.24, 2.45) is 0 Å². The van der Waals surface area contributed by atoms with Crippen LogP contribution in [-0.2, 0) is 19.1 Å². The SMILES string of the molecule is CCC=C(C(=O)N[C@@H]1C(=O)N2C(C(=O)O)=C(Cl)CS[C@@H]12)c1csc(NC(=O)OC(C)(C)C)n1. The maximum atomic E-state index is 13.0. The molecule has 0 spiro atoms. The Bertz CT molecular complexity index is 1060. The van der Waals surface area contributed by atoms with Gasteiger partial charge in [-0.25, -0.2) is 14.6 Å². The molecule has 0 unspecified atom stereocenters. The first-order chi connectivity index (χ1) is 15.4. The number of carboxylic acids is 1. The molecule has 2 aliphatic heterocycles. The molecule has 1 aromatic heterocycles. The van der Waals surface area contributed by atoms with Gasteiger partial charge in [-0.3, -0.25) is 19.8 Å². The number of carboxylic acid groups (broad SMARTS) is 1. The van der Waals surface area contributed by atoms with Crippen molar-refractivity contribution >= 4 is 69.3 Å². The van der Waals surface area contributed by atoms with E-state index in [2.05, 4.69) is 15.6 Å². The van der Waals surface area contributed by atoms with Gasteiger partial charge in [-0.2, -0.15) is 0 Å². The number of rotatable bonds is 6. The Morgan fingerprint density at radius 1 is 1.39 bits per heavy atom. The number of carbonyl (C=O) groups excluding carboxylic acids is 3. The number of hydrogen-bond donors (Lipinski definition) is 3. The number of hydrogen-bond acceptors (Lipinski definition) is 8. The zero-order valence-corrected chi connectivity index (χ0v) is 20.7. The van der Waals surface area contributed by atoms with Crippen LogP contribution in [-0.4, -0.2) is 61.6 Å². The molecule has 0 saturated carbocycles. The van der Waals surface area contributed by atoms with E-state index in [1.165, 1.54) is 11.8 Å². The highest BCUT2D eigenvalue weighted by molar-refractivity contribution is 8.00. The minimum absolute atomic E-state index is 0.0842. The van der Waals surface area contributed by atoms with Crippen molar-refractivity contribution in [2.75, 3.05) is 11.1 Å². The fourth-order valence-electron chi connectivity index (χ4n) is 3.16. The third-order valence-electron chi connectivity index (χ3n) is 4.45. The second-order valence-corrected chi connectivity index (χ2v) is 10.5. The van der Waals surface area contributed by atoms with Crippen molar-refractivity contribution in [1.82, 2.24) is 15.2 Å². The van der Waals surface area contributed by atoms with Gasteiger partial charge in [0.05, 0.1) is 16.3 Å². The summed E-state index contributed by atoms with van der Waals surface area (Å²) in [6.07, 6.45) is 1.53. The van der Waals surface area contributed by atoms with E-state index in [4.69, 9.17) is 16.3 Å². The highest BCUT2D eigenvalue weighted by atomic mass is 35.5. The van der Waals surface area contributed by atoms with Crippen molar-refractivity contribution in [3.63, 3.8) is 0 Å². The number of nitrogens with zero attached hydrogens (tertiary/aromatic N) is 2. The van der Waals surface area contributed by atoms with Gasteiger partial charge in [0, 0.05) is 11.1 Å². The molecule has 10 nitrogen and oxygen atoms in total. The molecular weight excluding hydrogens is 492 g/mol. The third kappa shape index (κ3) is 5.50. The number of thiazole rings is 1. The fraction of sp³-hybridized carbons (Fsp3) is 0.450. The van der Waals surface area contributed by atoms with Gasteiger partial charge in [-0.05, 0) is 27.2 Å². The lowest BCUT2D eigenvalue weighted by Crippen LogP contribution is -2.70. The van der Waals surface area contributed by atoms with Crippen molar-refractivity contribution in [1.29, 1.82) is 0 Å². The number of nitrogens with one attached hydrogen (secondary N) is 2. The zero-order valence-electron chi connectivity index (χ0n) is 18.3. The Morgan fingerprint density at radius 3 is 2.70 bits per heavy atom. The van der Waals surface area contributed by atoms with Crippen LogP contribution >= 0.6 is 34.7 Å². The van der Waals surface area contributed by atoms with E-state index < -0.39 is 40.9 Å². The second-order valence-electron chi connectivity index (χ2n) is 8.11. The molecule has 3 rings (SSSR count). The number of β-lactam (4-membered cyclic amide) rings is 1. The van der Waals surface area contributed by atoms with Crippen molar-refractivity contribution < 1.29 is 29.0 Å². The molecule has 0 aromatic carbocycles. The number of anilines is 1. The number of ether oxygens (including phenoxy) is 1. The summed E-state index contributed by atoms with van der Waals surface area (Å²) in [6.45, 7) is 7.06. The number of carbonyl (C=O) groups is 4. The van der Waals surface area contributed by atoms with Gasteiger partial charge in [-0.15, -0.1) is 23.1 Å². The van der Waals surface area contributed by atoms with E-state index in [0.29, 0.717) is 12.1 Å². The Balaban J connectivity index is 1.71. The third-order valence-corrected chi connectivity index (χ3v) is 6.96. The molecule has 13 heteroatoms. The van der Waals surface area contributed by atoms with Crippen LogP contribution in [0.2, 0.25) is 0 Å². The van der Waals surface area contributed by atoms with E-state index in [1.807, 2.05) is 6.92 Å². The molecule has 1 aromatic rings. The first-order valence-corrected chi connectivity index (χ1v) is 12.3. The quantitative estimate of drug-likeness (QED) is 0.388. The van der Waals surface area contributed by atoms with Gasteiger partial charge in [-0.1, -0.05) is 24.6 Å². The first kappa shape index (κ1) is 25.1. The summed E-state index contributed by atoms with van der Waals surface area (Å²) in [7, 11) is 0. The molecule has 1 saturated heterocycles. The number of aromatic nitrogens is 1. The summed E-state index contributed by atoms with van der Waals surface area (Å²) in [5, 5.41) is 16.0. The molecule has 33 heavy (non-hydrogen) atoms. The number of thioether (sulfide) groups is 1. The van der Waals surface area contributed by atoms with Crippen LogP contribution in [0.5, 0.6) is 0 Å². The molecule has 178 valence electrons. The molecule has 0 aliphatic carbocycles. The average Bonchev–Trinajstić information content (AvgIpc) is 3.15. The topological polar surface area (TPSA) is 138 Å². The van der Waals surface area contributed by atoms with Gasteiger partial charge >= 0.3 is 12.1 Å². The number of allylic oxidation sites excluding steroid dienone is 1. The van der Waals surface area contributed by atoms with E-state index in [9.17, 15) is 24.3 Å². The smallest absolute Gasteiger partial charge is 0.413 e. The predicted molar refractivity (Wildman–Crippen MR) is 126 cm³/mol. The van der Waals surface area contributed by atoms with Crippen LogP contribution in [0.1, 0.15) is 39.8 Å². The van der Waals surface area contributed by atoms with Crippen LogP contribution in [0.4, 0.5) is 9.93 Å². The van der Waals surface area contributed by atoms with E-state index in [1.54, 1.807) is 32.2 Å². The van der Waals surface area contributed by atoms with Crippen LogP contribution in [0.25, 0.3) is 5.57 Å². The molecule has 3 N–H and O–H groups in total. The standard InChI is InChI=1S/C20H23ClN4O6S2/c1-5-6-9(11-8-33-18(22-11)24-19(30)31-20(2,3)4)14(26)23-12-15(27)25-13(17(28)29)10(21)7-32-16(12)25/h6,8,12,16H,5,7H2,1-4H3,(H,23,26)(H,28,29)(H,22,24,30)/t12-,16+/m1/s1. The summed E-state index contributed by atoms with van der Waals surface area (Å²) < 4.78 is 5.20. The molecule has 2 atom stereocenters. The predicted octanol–water partition coefficient (Wildman–Crippen LogP) is 3.22. The van der Waals surface area contributed by atoms with Crippen molar-refractivity contribution in [2.45, 2.75) is 51.1 Å². The largest absolute Gasteiger partial charge is 0.477 e. The number of fused-ring (bicyclic) bond motifs is 1. The molecule has 0 bridgehead atoms. The van der Waals surface area contributed by atoms with E-state index in [-0.39, 0.29) is 27.2 Å². The van der Waals surface area contributed by atoms with Gasteiger partial charge in [0.1, 0.15) is 22.7 Å². The van der Waals surface area contributed by atoms with Crippen LogP contribution < -0.4 is 10.6 Å². The number of amides is 3. The summed E-state index contributed by atoms with van der Waals surface area (Å²) in [6, 6.07) is -0.889. The second kappa shape index (κ2) is 9.74. The van der Waals surface area contributed by atoms with Gasteiger partial charge < -0.3 is 15.2 Å². The maximum absolute atomic E-state index is 13.0. The first-order valence-electron chi connectivity index (χ1n) is 9.96. The number of halogens is 1. The monoisotopic (exact) mass is 514 g/mol. The average molecular weight is 515 g/mol. The Morgan fingerprint density at radius 2 is 2.09 bits per heavy atom. The summed E-state index contributed by atoms with van der Waals surface area (Å²) in [5.41, 5.74) is -0.348. The summed E-state index contributed by atoms with van der Waals surface area (Å²) >= 11 is 8.38. The Hall–Kier alpha value is -2.57. The van der Waals surface area contributed by atoms with Gasteiger partial charge in [0.15, 0.2) is 5.13 Å². The minimum atomic E-state index is -1.29. The highest BCUT2D eigenvalue weighted by Crippen LogP contribution is 2.41. The van der Waals surface area contributed by atoms with Gasteiger partial charge in [0.25, 0.3) is 11.8 Å². The lowest BCUT2D eigenvalue weighted by molar-refractivity contribution is -0.150. The van der Waals surface area contributed by atoms with Gasteiger partial charge in [0.2, 0.25) is 0 Å². The summed E-state index contributed by atoms with van der Waals surface area (Å²) in [4.78, 5) is 54.4. The van der Waals surface area contributed by atoms with Crippen molar-refractivity contribution in [3.8, 4) is 0 Å². The van der Waals surface area contributed by atoms with E-state index in [0.717, 1.165) is 16.2 Å². The van der Waals surface area contributed by atoms with E-state index >= 15 is 0 Å². The summed E-state index contributed by atoms with van der Waals surface area (Å²) in [5.74, 6) is -2.13. The lowest BCUT2D eigenvalue weighted by atomic mass is 10.0. The molecule has 3 amide bonds.